The van der Waals surface area contributed by atoms with Crippen molar-refractivity contribution in [1.82, 2.24) is 10.2 Å². The molecule has 2 fully saturated rings. The number of hydrogen-bond donors (Lipinski definition) is 2. The summed E-state index contributed by atoms with van der Waals surface area (Å²) < 4.78 is 0. The molecule has 2 aliphatic rings. The highest BCUT2D eigenvalue weighted by Gasteiger charge is 2.27. The zero-order chi connectivity index (χ0) is 17.5. The maximum absolute atomic E-state index is 12.0. The minimum atomic E-state index is 0. The number of benzene rings is 1. The van der Waals surface area contributed by atoms with E-state index in [9.17, 15) is 4.79 Å². The summed E-state index contributed by atoms with van der Waals surface area (Å²) in [5, 5.41) is 3.09. The zero-order valence-corrected chi connectivity index (χ0v) is 18.9. The molecular weight excluding hydrogens is 419 g/mol. The predicted molar refractivity (Wildman–Crippen MR) is 124 cm³/mol. The van der Waals surface area contributed by atoms with Gasteiger partial charge in [0.1, 0.15) is 0 Å². The number of halogens is 3. The molecule has 2 atom stereocenters. The predicted octanol–water partition coefficient (Wildman–Crippen LogP) is 3.10. The van der Waals surface area contributed by atoms with Gasteiger partial charge in [-0.3, -0.25) is 9.69 Å². The van der Waals surface area contributed by atoms with Gasteiger partial charge in [0, 0.05) is 50.4 Å². The summed E-state index contributed by atoms with van der Waals surface area (Å²) in [6, 6.07) is 10.9. The van der Waals surface area contributed by atoms with Gasteiger partial charge >= 0.3 is 0 Å². The minimum absolute atomic E-state index is 0. The number of nitrogens with two attached hydrogens (primary N) is 1. The van der Waals surface area contributed by atoms with Crippen molar-refractivity contribution in [2.45, 2.75) is 38.1 Å². The van der Waals surface area contributed by atoms with Crippen LogP contribution in [-0.2, 0) is 4.79 Å². The Morgan fingerprint density at radius 1 is 1.00 bits per heavy atom. The molecule has 0 spiro atoms. The molecule has 2 unspecified atom stereocenters. The van der Waals surface area contributed by atoms with Crippen molar-refractivity contribution in [1.29, 1.82) is 0 Å². The number of carbonyl (C=O) groups is 1. The first-order chi connectivity index (χ1) is 12.2. The van der Waals surface area contributed by atoms with Crippen LogP contribution in [0.25, 0.3) is 0 Å². The maximum Gasteiger partial charge on any atom is 0.223 e. The second kappa shape index (κ2) is 14.3. The lowest BCUT2D eigenvalue weighted by molar-refractivity contribution is -0.124. The van der Waals surface area contributed by atoms with Crippen LogP contribution in [0.1, 0.15) is 32.1 Å². The van der Waals surface area contributed by atoms with E-state index in [2.05, 4.69) is 45.4 Å². The zero-order valence-electron chi connectivity index (χ0n) is 16.4. The van der Waals surface area contributed by atoms with Crippen molar-refractivity contribution >= 4 is 48.8 Å². The standard InChI is InChI=1S/C20H32N4O.3ClH/c21-18-9-8-17(16-18)20(25)22-10-4-5-11-23-12-14-24(15-13-23)19-6-2-1-3-7-19;;;/h1-3,6-7,17-18H,4-5,8-16,21H2,(H,22,25);3*1H. The fraction of sp³-hybridized carbons (Fsp3) is 0.650. The molecule has 3 rings (SSSR count). The Kier molecular flexibility index (Phi) is 13.9. The fourth-order valence-electron chi connectivity index (χ4n) is 3.94. The highest BCUT2D eigenvalue weighted by molar-refractivity contribution is 5.86. The minimum Gasteiger partial charge on any atom is -0.369 e. The molecular formula is C20H35Cl3N4O. The van der Waals surface area contributed by atoms with Crippen LogP contribution < -0.4 is 16.0 Å². The largest absolute Gasteiger partial charge is 0.369 e. The lowest BCUT2D eigenvalue weighted by Crippen LogP contribution is -2.46. The molecule has 1 aliphatic heterocycles. The third-order valence-electron chi connectivity index (χ3n) is 5.54. The average Bonchev–Trinajstić information content (AvgIpc) is 3.09. The van der Waals surface area contributed by atoms with Crippen LogP contribution in [-0.4, -0.2) is 56.1 Å². The Morgan fingerprint density at radius 3 is 2.29 bits per heavy atom. The Hall–Kier alpha value is -0.720. The van der Waals surface area contributed by atoms with Gasteiger partial charge in [-0.25, -0.2) is 0 Å². The summed E-state index contributed by atoms with van der Waals surface area (Å²) in [4.78, 5) is 17.0. The monoisotopic (exact) mass is 452 g/mol. The number of carbonyl (C=O) groups excluding carboxylic acids is 1. The first kappa shape index (κ1) is 27.3. The lowest BCUT2D eigenvalue weighted by atomic mass is 10.1. The van der Waals surface area contributed by atoms with E-state index >= 15 is 0 Å². The smallest absolute Gasteiger partial charge is 0.223 e. The summed E-state index contributed by atoms with van der Waals surface area (Å²) in [5.74, 6) is 0.366. The number of nitrogens with one attached hydrogen (secondary N) is 1. The number of para-hydroxylation sites is 1. The molecule has 28 heavy (non-hydrogen) atoms. The molecule has 5 nitrogen and oxygen atoms in total. The first-order valence-corrected chi connectivity index (χ1v) is 9.78. The van der Waals surface area contributed by atoms with E-state index in [1.165, 1.54) is 5.69 Å². The quantitative estimate of drug-likeness (QED) is 0.623. The Balaban J connectivity index is 0.00000243. The van der Waals surface area contributed by atoms with Crippen LogP contribution >= 0.6 is 37.2 Å². The topological polar surface area (TPSA) is 61.6 Å². The number of hydrogen-bond acceptors (Lipinski definition) is 4. The summed E-state index contributed by atoms with van der Waals surface area (Å²) in [6.45, 7) is 6.38. The van der Waals surface area contributed by atoms with Gasteiger partial charge in [-0.1, -0.05) is 18.2 Å². The molecule has 1 saturated heterocycles. The van der Waals surface area contributed by atoms with Crippen LogP contribution in [0.15, 0.2) is 30.3 Å². The average molecular weight is 454 g/mol. The van der Waals surface area contributed by atoms with E-state index in [0.29, 0.717) is 0 Å². The molecule has 1 aliphatic carbocycles. The number of piperazine rings is 1. The molecule has 8 heteroatoms. The van der Waals surface area contributed by atoms with Crippen molar-refractivity contribution in [2.75, 3.05) is 44.2 Å². The van der Waals surface area contributed by atoms with E-state index in [-0.39, 0.29) is 55.1 Å². The summed E-state index contributed by atoms with van der Waals surface area (Å²) in [7, 11) is 0. The summed E-state index contributed by atoms with van der Waals surface area (Å²) in [5.41, 5.74) is 7.21. The molecule has 0 aromatic heterocycles. The third-order valence-corrected chi connectivity index (χ3v) is 5.54. The number of nitrogens with zero attached hydrogens (tertiary/aromatic N) is 2. The van der Waals surface area contributed by atoms with E-state index in [4.69, 9.17) is 5.73 Å². The molecule has 3 N–H and O–H groups in total. The van der Waals surface area contributed by atoms with Gasteiger partial charge in [-0.05, 0) is 50.8 Å². The Labute approximate surface area is 188 Å². The summed E-state index contributed by atoms with van der Waals surface area (Å²) in [6.07, 6.45) is 5.02. The number of unbranched alkanes of at least 4 members (excludes halogenated alkanes) is 1. The lowest BCUT2D eigenvalue weighted by Gasteiger charge is -2.36. The highest BCUT2D eigenvalue weighted by Crippen LogP contribution is 2.24. The fourth-order valence-corrected chi connectivity index (χ4v) is 3.94. The van der Waals surface area contributed by atoms with Crippen LogP contribution in [0.2, 0.25) is 0 Å². The molecule has 1 saturated carbocycles. The van der Waals surface area contributed by atoms with Gasteiger partial charge in [-0.15, -0.1) is 37.2 Å². The van der Waals surface area contributed by atoms with Gasteiger partial charge in [0.25, 0.3) is 0 Å². The number of anilines is 1. The van der Waals surface area contributed by atoms with Gasteiger partial charge < -0.3 is 16.0 Å². The Bertz CT molecular complexity index is 542. The molecule has 0 bridgehead atoms. The van der Waals surface area contributed by atoms with Gasteiger partial charge in [0.2, 0.25) is 5.91 Å². The molecule has 1 aromatic rings. The van der Waals surface area contributed by atoms with Crippen molar-refractivity contribution in [3.05, 3.63) is 30.3 Å². The SMILES string of the molecule is Cl.Cl.Cl.NC1CCC(C(=O)NCCCCN2CCN(c3ccccc3)CC2)C1. The molecule has 1 aromatic carbocycles. The van der Waals surface area contributed by atoms with Crippen molar-refractivity contribution < 1.29 is 4.79 Å². The van der Waals surface area contributed by atoms with Gasteiger partial charge in [0.05, 0.1) is 0 Å². The Morgan fingerprint density at radius 2 is 1.68 bits per heavy atom. The highest BCUT2D eigenvalue weighted by atomic mass is 35.5. The van der Waals surface area contributed by atoms with Crippen LogP contribution in [0, 0.1) is 5.92 Å². The normalized spacial score (nSPS) is 21.8. The van der Waals surface area contributed by atoms with E-state index in [1.54, 1.807) is 0 Å². The van der Waals surface area contributed by atoms with E-state index in [1.807, 2.05) is 0 Å². The second-order valence-corrected chi connectivity index (χ2v) is 7.43. The van der Waals surface area contributed by atoms with Crippen LogP contribution in [0.5, 0.6) is 0 Å². The van der Waals surface area contributed by atoms with Crippen LogP contribution in [0.4, 0.5) is 5.69 Å². The van der Waals surface area contributed by atoms with Crippen molar-refractivity contribution in [3.8, 4) is 0 Å². The molecule has 1 heterocycles. The number of rotatable bonds is 7. The van der Waals surface area contributed by atoms with Gasteiger partial charge in [0.15, 0.2) is 0 Å². The molecule has 1 amide bonds. The first-order valence-electron chi connectivity index (χ1n) is 9.78. The van der Waals surface area contributed by atoms with Gasteiger partial charge in [-0.2, -0.15) is 0 Å². The van der Waals surface area contributed by atoms with E-state index in [0.717, 1.165) is 71.4 Å². The number of amides is 1. The van der Waals surface area contributed by atoms with Crippen molar-refractivity contribution in [2.24, 2.45) is 11.7 Å². The second-order valence-electron chi connectivity index (χ2n) is 7.43. The van der Waals surface area contributed by atoms with E-state index < -0.39 is 0 Å². The molecule has 162 valence electrons. The summed E-state index contributed by atoms with van der Waals surface area (Å²) >= 11 is 0. The van der Waals surface area contributed by atoms with Crippen LogP contribution in [0.3, 0.4) is 0 Å². The maximum atomic E-state index is 12.0. The molecule has 0 radical (unpaired) electrons. The van der Waals surface area contributed by atoms with Crippen molar-refractivity contribution in [3.63, 3.8) is 0 Å². The third kappa shape index (κ3) is 8.34.